The lowest BCUT2D eigenvalue weighted by Gasteiger charge is -2.55. The van der Waals surface area contributed by atoms with Crippen LogP contribution < -0.4 is 0 Å². The summed E-state index contributed by atoms with van der Waals surface area (Å²) in [5, 5.41) is 0.892. The predicted molar refractivity (Wildman–Crippen MR) is 98.0 cm³/mol. The monoisotopic (exact) mass is 416 g/mol. The molecule has 0 aromatic carbocycles. The van der Waals surface area contributed by atoms with Crippen molar-refractivity contribution in [3.05, 3.63) is 0 Å². The first-order valence-corrected chi connectivity index (χ1v) is 20.9. The fourth-order valence-corrected chi connectivity index (χ4v) is 57.7. The van der Waals surface area contributed by atoms with Crippen molar-refractivity contribution in [3.8, 4) is 0 Å². The molecule has 0 radical (unpaired) electrons. The number of hydrogen-bond acceptors (Lipinski definition) is 0. The largest absolute Gasteiger partial charge is 0.182 e. The lowest BCUT2D eigenvalue weighted by atomic mass is 10.2. The smallest absolute Gasteiger partial charge is 0.118 e. The van der Waals surface area contributed by atoms with Gasteiger partial charge in [0, 0.05) is 0 Å². The summed E-state index contributed by atoms with van der Waals surface area (Å²) >= 11 is 8.55. The second kappa shape index (κ2) is 4.86. The summed E-state index contributed by atoms with van der Waals surface area (Å²) in [6.45, 7) is 24.9. The van der Waals surface area contributed by atoms with Crippen molar-refractivity contribution in [1.29, 1.82) is 0 Å². The second-order valence-electron chi connectivity index (χ2n) is 8.32. The number of hydrogen-bond donors (Lipinski definition) is 0. The number of halogens is 2. The maximum Gasteiger partial charge on any atom is 0.182 e. The standard InChI is InChI=1S/C12H30Br2Si3/c1-11(2,3)15(7,8)17(13,14)16(9,10)12(4,5)6/h1-10H3. The van der Waals surface area contributed by atoms with E-state index in [1.807, 2.05) is 0 Å². The molecule has 0 unspecified atom stereocenters. The summed E-state index contributed by atoms with van der Waals surface area (Å²) < 4.78 is -1.53. The Morgan fingerprint density at radius 1 is 0.588 bits per heavy atom. The van der Waals surface area contributed by atoms with Gasteiger partial charge in [0.1, 0.15) is 0 Å². The van der Waals surface area contributed by atoms with Crippen LogP contribution in [0.25, 0.3) is 0 Å². The van der Waals surface area contributed by atoms with Gasteiger partial charge in [-0.1, -0.05) is 67.7 Å². The molecule has 0 aliphatic heterocycles. The van der Waals surface area contributed by atoms with Gasteiger partial charge < -0.3 is 0 Å². The molecule has 0 atom stereocenters. The Morgan fingerprint density at radius 2 is 0.765 bits per heavy atom. The molecule has 0 fully saturated rings. The van der Waals surface area contributed by atoms with Gasteiger partial charge in [-0.05, 0) is 10.1 Å². The van der Waals surface area contributed by atoms with Crippen molar-refractivity contribution in [2.75, 3.05) is 0 Å². The SMILES string of the molecule is CC(C)(C)[Si](C)(C)[Si](Br)(Br)[Si](C)(C)C(C)(C)C. The highest BCUT2D eigenvalue weighted by molar-refractivity contribution is 9.55. The predicted octanol–water partition coefficient (Wildman–Crippen LogP) is 6.39. The quantitative estimate of drug-likeness (QED) is 0.360. The van der Waals surface area contributed by atoms with E-state index >= 15 is 0 Å². The molecule has 0 aromatic heterocycles. The van der Waals surface area contributed by atoms with Crippen LogP contribution in [0, 0.1) is 0 Å². The Kier molecular flexibility index (Phi) is 5.32. The first-order valence-electron chi connectivity index (χ1n) is 6.38. The minimum Gasteiger partial charge on any atom is -0.118 e. The average molecular weight is 418 g/mol. The Bertz CT molecular complexity index is 255. The zero-order valence-corrected chi connectivity index (χ0v) is 19.4. The molecule has 0 rings (SSSR count). The third kappa shape index (κ3) is 3.03. The van der Waals surface area contributed by atoms with Crippen LogP contribution in [0.4, 0.5) is 0 Å². The maximum absolute atomic E-state index is 4.28. The molecule has 0 nitrogen and oxygen atoms in total. The molecule has 104 valence electrons. The van der Waals surface area contributed by atoms with Crippen molar-refractivity contribution < 1.29 is 0 Å². The van der Waals surface area contributed by atoms with Crippen LogP contribution in [0.5, 0.6) is 0 Å². The van der Waals surface area contributed by atoms with E-state index in [0.717, 1.165) is 0 Å². The van der Waals surface area contributed by atoms with E-state index in [0.29, 0.717) is 10.1 Å². The van der Waals surface area contributed by atoms with Crippen LogP contribution in [-0.2, 0) is 0 Å². The molecule has 0 saturated carbocycles. The summed E-state index contributed by atoms with van der Waals surface area (Å²) in [4.78, 5) is 0. The molecule has 0 amide bonds. The summed E-state index contributed by atoms with van der Waals surface area (Å²) in [5.41, 5.74) is 0. The Labute approximate surface area is 127 Å². The molecular weight excluding hydrogens is 388 g/mol. The Hall–Kier alpha value is 1.61. The van der Waals surface area contributed by atoms with Crippen molar-refractivity contribution in [2.24, 2.45) is 0 Å². The summed E-state index contributed by atoms with van der Waals surface area (Å²) in [5.74, 6) is 0. The van der Waals surface area contributed by atoms with Crippen molar-refractivity contribution in [3.63, 3.8) is 0 Å². The van der Waals surface area contributed by atoms with Crippen LogP contribution in [-0.4, -0.2) is 19.5 Å². The van der Waals surface area contributed by atoms with Crippen molar-refractivity contribution in [1.82, 2.24) is 0 Å². The third-order valence-corrected chi connectivity index (χ3v) is 76.8. The van der Waals surface area contributed by atoms with E-state index in [4.69, 9.17) is 0 Å². The van der Waals surface area contributed by atoms with Gasteiger partial charge in [-0.15, -0.1) is 30.6 Å². The van der Waals surface area contributed by atoms with Gasteiger partial charge in [0.15, 0.2) is 4.35 Å². The van der Waals surface area contributed by atoms with Gasteiger partial charge in [-0.3, -0.25) is 0 Å². The van der Waals surface area contributed by atoms with Gasteiger partial charge in [-0.2, -0.15) is 0 Å². The molecule has 0 aliphatic carbocycles. The normalized spacial score (nSPS) is 16.2. The highest BCUT2D eigenvalue weighted by atomic mass is 79.9. The van der Waals surface area contributed by atoms with Crippen LogP contribution in [0.15, 0.2) is 0 Å². The van der Waals surface area contributed by atoms with Crippen molar-refractivity contribution >= 4 is 50.1 Å². The fourth-order valence-electron chi connectivity index (χ4n) is 1.72. The molecular formula is C12H30Br2Si3. The van der Waals surface area contributed by atoms with Gasteiger partial charge in [0.05, 0.1) is 15.2 Å². The summed E-state index contributed by atoms with van der Waals surface area (Å²) in [7, 11) is -2.69. The minimum atomic E-state index is -1.53. The molecule has 0 N–H and O–H groups in total. The molecule has 0 spiro atoms. The van der Waals surface area contributed by atoms with Gasteiger partial charge in [0.25, 0.3) is 0 Å². The average Bonchev–Trinajstić information content (AvgIpc) is 1.98. The molecule has 0 aromatic rings. The summed E-state index contributed by atoms with van der Waals surface area (Å²) in [6, 6.07) is 0. The molecule has 17 heavy (non-hydrogen) atoms. The van der Waals surface area contributed by atoms with Crippen LogP contribution in [0.3, 0.4) is 0 Å². The van der Waals surface area contributed by atoms with E-state index in [2.05, 4.69) is 98.3 Å². The first-order chi connectivity index (χ1) is 7.00. The third-order valence-electron chi connectivity index (χ3n) is 5.32. The zero-order chi connectivity index (χ0) is 14.5. The van der Waals surface area contributed by atoms with Gasteiger partial charge in [0.2, 0.25) is 0 Å². The zero-order valence-electron chi connectivity index (χ0n) is 13.3. The summed E-state index contributed by atoms with van der Waals surface area (Å²) in [6.07, 6.45) is 0. The van der Waals surface area contributed by atoms with E-state index in [1.165, 1.54) is 0 Å². The second-order valence-corrected chi connectivity index (χ2v) is 51.6. The maximum atomic E-state index is 4.28. The highest BCUT2D eigenvalue weighted by Gasteiger charge is 2.63. The number of rotatable bonds is 2. The molecule has 0 aliphatic rings. The van der Waals surface area contributed by atoms with Crippen LogP contribution in [0.1, 0.15) is 41.5 Å². The highest BCUT2D eigenvalue weighted by Crippen LogP contribution is 2.56. The van der Waals surface area contributed by atoms with Crippen molar-refractivity contribution in [2.45, 2.75) is 77.8 Å². The topological polar surface area (TPSA) is 0 Å². The van der Waals surface area contributed by atoms with E-state index in [-0.39, 0.29) is 0 Å². The fraction of sp³-hybridized carbons (Fsp3) is 1.00. The van der Waals surface area contributed by atoms with E-state index in [1.54, 1.807) is 0 Å². The van der Waals surface area contributed by atoms with Gasteiger partial charge in [-0.25, -0.2) is 0 Å². The molecule has 0 saturated heterocycles. The minimum absolute atomic E-state index is 0.446. The molecule has 5 heteroatoms. The van der Waals surface area contributed by atoms with Crippen LogP contribution in [0.2, 0.25) is 36.3 Å². The lowest BCUT2D eigenvalue weighted by molar-refractivity contribution is 0.728. The Morgan fingerprint density at radius 3 is 0.882 bits per heavy atom. The molecule has 0 bridgehead atoms. The van der Waals surface area contributed by atoms with Crippen LogP contribution >= 0.6 is 30.6 Å². The Balaban J connectivity index is 5.73. The first kappa shape index (κ1) is 18.6. The molecule has 0 heterocycles. The van der Waals surface area contributed by atoms with Gasteiger partial charge >= 0.3 is 0 Å². The van der Waals surface area contributed by atoms with E-state index in [9.17, 15) is 0 Å². The van der Waals surface area contributed by atoms with E-state index < -0.39 is 19.5 Å². The lowest BCUT2D eigenvalue weighted by Crippen LogP contribution is -2.72.